The third-order valence-corrected chi connectivity index (χ3v) is 3.85. The Morgan fingerprint density at radius 1 is 1.26 bits per heavy atom. The smallest absolute Gasteiger partial charge is 0.287 e. The Morgan fingerprint density at radius 2 is 2.04 bits per heavy atom. The number of ether oxygens (including phenoxy) is 2. The van der Waals surface area contributed by atoms with Crippen molar-refractivity contribution in [2.24, 2.45) is 0 Å². The molecule has 0 radical (unpaired) electrons. The van der Waals surface area contributed by atoms with Crippen LogP contribution in [-0.4, -0.2) is 43.5 Å². The lowest BCUT2D eigenvalue weighted by molar-refractivity contribution is -0.0262. The molecule has 0 saturated carbocycles. The van der Waals surface area contributed by atoms with E-state index >= 15 is 0 Å². The lowest BCUT2D eigenvalue weighted by Crippen LogP contribution is -2.48. The van der Waals surface area contributed by atoms with Crippen molar-refractivity contribution in [3.63, 3.8) is 0 Å². The molecule has 1 aliphatic heterocycles. The van der Waals surface area contributed by atoms with Gasteiger partial charge in [0.15, 0.2) is 5.76 Å². The number of benzene rings is 1. The van der Waals surface area contributed by atoms with E-state index in [0.29, 0.717) is 18.8 Å². The maximum atomic E-state index is 12.2. The van der Waals surface area contributed by atoms with Crippen molar-refractivity contribution in [2.75, 3.05) is 20.3 Å². The van der Waals surface area contributed by atoms with E-state index in [1.807, 2.05) is 24.3 Å². The molecule has 1 aromatic carbocycles. The summed E-state index contributed by atoms with van der Waals surface area (Å²) in [5.74, 6) is 1.24. The molecule has 3 rings (SSSR count). The maximum Gasteiger partial charge on any atom is 0.287 e. The molecular formula is C17H19NO5. The number of aliphatic hydroxyl groups is 1. The number of carbonyl (C=O) groups excluding carboxylic acids is 1. The molecular weight excluding hydrogens is 298 g/mol. The molecule has 6 nitrogen and oxygen atoms in total. The number of hydrogen-bond donors (Lipinski definition) is 2. The van der Waals surface area contributed by atoms with Crippen molar-refractivity contribution in [3.05, 3.63) is 42.2 Å². The fourth-order valence-electron chi connectivity index (χ4n) is 2.50. The summed E-state index contributed by atoms with van der Waals surface area (Å²) in [7, 11) is 1.61. The van der Waals surface area contributed by atoms with E-state index in [4.69, 9.17) is 13.9 Å². The Bertz CT molecular complexity index is 664. The van der Waals surface area contributed by atoms with E-state index in [9.17, 15) is 9.90 Å². The Balaban J connectivity index is 1.69. The molecule has 6 heteroatoms. The number of rotatable bonds is 4. The highest BCUT2D eigenvalue weighted by Gasteiger charge is 2.26. The summed E-state index contributed by atoms with van der Waals surface area (Å²) in [6.45, 7) is 0.761. The second-order valence-electron chi connectivity index (χ2n) is 5.40. The quantitative estimate of drug-likeness (QED) is 0.899. The highest BCUT2D eigenvalue weighted by atomic mass is 16.5. The van der Waals surface area contributed by atoms with Crippen LogP contribution in [0, 0.1) is 0 Å². The highest BCUT2D eigenvalue weighted by Crippen LogP contribution is 2.24. The van der Waals surface area contributed by atoms with Gasteiger partial charge in [-0.15, -0.1) is 0 Å². The Labute approximate surface area is 134 Å². The van der Waals surface area contributed by atoms with Crippen molar-refractivity contribution < 1.29 is 23.8 Å². The van der Waals surface area contributed by atoms with Gasteiger partial charge in [0.1, 0.15) is 11.5 Å². The fraction of sp³-hybridized carbons (Fsp3) is 0.353. The van der Waals surface area contributed by atoms with Crippen molar-refractivity contribution in [2.45, 2.75) is 18.6 Å². The third kappa shape index (κ3) is 3.55. The van der Waals surface area contributed by atoms with Crippen LogP contribution in [0.2, 0.25) is 0 Å². The summed E-state index contributed by atoms with van der Waals surface area (Å²) in [4.78, 5) is 12.2. The highest BCUT2D eigenvalue weighted by molar-refractivity contribution is 5.92. The van der Waals surface area contributed by atoms with Gasteiger partial charge in [-0.3, -0.25) is 4.79 Å². The third-order valence-electron chi connectivity index (χ3n) is 3.85. The first-order chi connectivity index (χ1) is 11.2. The molecule has 1 aliphatic rings. The first-order valence-corrected chi connectivity index (χ1v) is 7.48. The van der Waals surface area contributed by atoms with Crippen LogP contribution in [0.25, 0.3) is 11.3 Å². The maximum absolute atomic E-state index is 12.2. The molecule has 0 bridgehead atoms. The molecule has 0 aliphatic carbocycles. The molecule has 2 aromatic rings. The zero-order valence-electron chi connectivity index (χ0n) is 12.8. The number of furan rings is 1. The van der Waals surface area contributed by atoms with Crippen LogP contribution >= 0.6 is 0 Å². The minimum atomic E-state index is -0.691. The molecule has 0 unspecified atom stereocenters. The standard InChI is InChI=1S/C17H19NO5/c1-21-12-4-2-11(3-5-12)15-6-7-16(23-15)17(20)18-13-8-9-22-10-14(13)19/h2-7,13-14,19H,8-10H2,1H3,(H,18,20)/t13-,14-/m1/s1. The molecule has 1 saturated heterocycles. The van der Waals surface area contributed by atoms with Crippen LogP contribution in [0.5, 0.6) is 5.75 Å². The van der Waals surface area contributed by atoms with Gasteiger partial charge in [-0.05, 0) is 42.8 Å². The largest absolute Gasteiger partial charge is 0.497 e. The SMILES string of the molecule is COc1ccc(-c2ccc(C(=O)N[C@@H]3CCOC[C@H]3O)o2)cc1. The van der Waals surface area contributed by atoms with Gasteiger partial charge in [0, 0.05) is 12.2 Å². The normalized spacial score (nSPS) is 21.0. The first-order valence-electron chi connectivity index (χ1n) is 7.48. The number of nitrogens with one attached hydrogen (secondary N) is 1. The molecule has 0 spiro atoms. The van der Waals surface area contributed by atoms with Crippen molar-refractivity contribution in [1.29, 1.82) is 0 Å². The van der Waals surface area contributed by atoms with E-state index in [-0.39, 0.29) is 24.3 Å². The van der Waals surface area contributed by atoms with E-state index in [1.165, 1.54) is 0 Å². The predicted octanol–water partition coefficient (Wildman–Crippen LogP) is 1.83. The molecule has 2 atom stereocenters. The molecule has 23 heavy (non-hydrogen) atoms. The fourth-order valence-corrected chi connectivity index (χ4v) is 2.50. The minimum Gasteiger partial charge on any atom is -0.497 e. The predicted molar refractivity (Wildman–Crippen MR) is 83.4 cm³/mol. The van der Waals surface area contributed by atoms with Crippen LogP contribution < -0.4 is 10.1 Å². The summed E-state index contributed by atoms with van der Waals surface area (Å²) in [5, 5.41) is 12.6. The summed E-state index contributed by atoms with van der Waals surface area (Å²) < 4.78 is 15.9. The number of amides is 1. The van der Waals surface area contributed by atoms with Gasteiger partial charge in [0.2, 0.25) is 0 Å². The minimum absolute atomic E-state index is 0.217. The van der Waals surface area contributed by atoms with E-state index < -0.39 is 6.10 Å². The van der Waals surface area contributed by atoms with Crippen molar-refractivity contribution in [3.8, 4) is 17.1 Å². The lowest BCUT2D eigenvalue weighted by Gasteiger charge is -2.28. The number of methoxy groups -OCH3 is 1. The van der Waals surface area contributed by atoms with Gasteiger partial charge in [-0.1, -0.05) is 0 Å². The molecule has 122 valence electrons. The second kappa shape index (κ2) is 6.85. The number of aliphatic hydroxyl groups excluding tert-OH is 1. The van der Waals surface area contributed by atoms with Gasteiger partial charge in [0.25, 0.3) is 5.91 Å². The van der Waals surface area contributed by atoms with Crippen LogP contribution in [0.1, 0.15) is 17.0 Å². The summed E-state index contributed by atoms with van der Waals surface area (Å²) in [6, 6.07) is 10.4. The van der Waals surface area contributed by atoms with Crippen molar-refractivity contribution in [1.82, 2.24) is 5.32 Å². The Hall–Kier alpha value is -2.31. The molecule has 2 N–H and O–H groups in total. The van der Waals surface area contributed by atoms with Gasteiger partial charge in [-0.25, -0.2) is 0 Å². The number of carbonyl (C=O) groups is 1. The number of hydrogen-bond acceptors (Lipinski definition) is 5. The van der Waals surface area contributed by atoms with Crippen LogP contribution in [-0.2, 0) is 4.74 Å². The zero-order valence-corrected chi connectivity index (χ0v) is 12.8. The molecule has 2 heterocycles. The average molecular weight is 317 g/mol. The molecule has 1 amide bonds. The van der Waals surface area contributed by atoms with Gasteiger partial charge >= 0.3 is 0 Å². The van der Waals surface area contributed by atoms with E-state index in [2.05, 4.69) is 5.32 Å². The lowest BCUT2D eigenvalue weighted by atomic mass is 10.1. The van der Waals surface area contributed by atoms with Gasteiger partial charge in [-0.2, -0.15) is 0 Å². The average Bonchev–Trinajstić information content (AvgIpc) is 3.07. The first kappa shape index (κ1) is 15.6. The van der Waals surface area contributed by atoms with Crippen molar-refractivity contribution >= 4 is 5.91 Å². The van der Waals surface area contributed by atoms with Crippen LogP contribution in [0.4, 0.5) is 0 Å². The monoisotopic (exact) mass is 317 g/mol. The van der Waals surface area contributed by atoms with Gasteiger partial charge in [0.05, 0.1) is 25.9 Å². The topological polar surface area (TPSA) is 80.9 Å². The Kier molecular flexibility index (Phi) is 4.64. The van der Waals surface area contributed by atoms with E-state index in [0.717, 1.165) is 11.3 Å². The molecule has 1 fully saturated rings. The zero-order chi connectivity index (χ0) is 16.2. The van der Waals surface area contributed by atoms with Crippen LogP contribution in [0.3, 0.4) is 0 Å². The van der Waals surface area contributed by atoms with Crippen LogP contribution in [0.15, 0.2) is 40.8 Å². The van der Waals surface area contributed by atoms with Gasteiger partial charge < -0.3 is 24.3 Å². The summed E-state index contributed by atoms with van der Waals surface area (Å²) in [5.41, 5.74) is 0.857. The second-order valence-corrected chi connectivity index (χ2v) is 5.40. The Morgan fingerprint density at radius 3 is 2.74 bits per heavy atom. The summed E-state index contributed by atoms with van der Waals surface area (Å²) >= 11 is 0. The summed E-state index contributed by atoms with van der Waals surface area (Å²) in [6.07, 6.45) is -0.109. The molecule has 1 aromatic heterocycles. The van der Waals surface area contributed by atoms with E-state index in [1.54, 1.807) is 19.2 Å².